The Labute approximate surface area is 129 Å². The van der Waals surface area contributed by atoms with Crippen LogP contribution in [0.4, 0.5) is 5.69 Å². The van der Waals surface area contributed by atoms with Gasteiger partial charge >= 0.3 is 0 Å². The van der Waals surface area contributed by atoms with Gasteiger partial charge in [0.25, 0.3) is 10.0 Å². The van der Waals surface area contributed by atoms with Crippen LogP contribution in [-0.4, -0.2) is 36.1 Å². The van der Waals surface area contributed by atoms with Gasteiger partial charge in [0.1, 0.15) is 11.4 Å². The average Bonchev–Trinajstić information content (AvgIpc) is 2.85. The summed E-state index contributed by atoms with van der Waals surface area (Å²) in [4.78, 5) is 15.0. The Balaban J connectivity index is 2.16. The molecule has 0 aliphatic carbocycles. The van der Waals surface area contributed by atoms with Gasteiger partial charge in [-0.25, -0.2) is 8.42 Å². The topological polar surface area (TPSA) is 106 Å². The van der Waals surface area contributed by atoms with E-state index in [0.717, 1.165) is 0 Å². The molecule has 0 saturated heterocycles. The van der Waals surface area contributed by atoms with Gasteiger partial charge in [0.15, 0.2) is 0 Å². The van der Waals surface area contributed by atoms with Crippen LogP contribution in [-0.2, 0) is 21.4 Å². The van der Waals surface area contributed by atoms with Crippen LogP contribution in [0.25, 0.3) is 0 Å². The van der Waals surface area contributed by atoms with Crippen molar-refractivity contribution in [3.63, 3.8) is 0 Å². The van der Waals surface area contributed by atoms with E-state index in [2.05, 4.69) is 36.1 Å². The molecule has 0 unspecified atom stereocenters. The van der Waals surface area contributed by atoms with Crippen molar-refractivity contribution in [2.75, 3.05) is 11.8 Å². The third-order valence-electron chi connectivity index (χ3n) is 2.46. The molecule has 2 aromatic heterocycles. The Kier molecular flexibility index (Phi) is 4.58. The second-order valence-corrected chi connectivity index (χ2v) is 6.64. The molecule has 1 amide bonds. The summed E-state index contributed by atoms with van der Waals surface area (Å²) >= 11 is 3.16. The standard InChI is InChI=1S/C11H12BrN5O3S/c1-13-11(18)7-17-6-9(4-15-17)16-21(19,20)10-2-8(12)3-14-5-10/h2-6,16H,7H2,1H3,(H,13,18). The summed E-state index contributed by atoms with van der Waals surface area (Å²) in [6, 6.07) is 1.43. The van der Waals surface area contributed by atoms with E-state index >= 15 is 0 Å². The summed E-state index contributed by atoms with van der Waals surface area (Å²) in [5.74, 6) is -0.233. The van der Waals surface area contributed by atoms with E-state index in [9.17, 15) is 13.2 Å². The van der Waals surface area contributed by atoms with Crippen molar-refractivity contribution >= 4 is 37.5 Å². The molecule has 0 radical (unpaired) electrons. The summed E-state index contributed by atoms with van der Waals surface area (Å²) in [6.07, 6.45) is 5.48. The second kappa shape index (κ2) is 6.22. The maximum atomic E-state index is 12.2. The number of anilines is 1. The van der Waals surface area contributed by atoms with Crippen molar-refractivity contribution in [3.8, 4) is 0 Å². The monoisotopic (exact) mass is 373 g/mol. The van der Waals surface area contributed by atoms with Gasteiger partial charge in [-0.15, -0.1) is 0 Å². The molecule has 0 aromatic carbocycles. The minimum Gasteiger partial charge on any atom is -0.358 e. The highest BCUT2D eigenvalue weighted by molar-refractivity contribution is 9.10. The van der Waals surface area contributed by atoms with E-state index in [1.165, 1.54) is 42.6 Å². The zero-order valence-corrected chi connectivity index (χ0v) is 13.3. The van der Waals surface area contributed by atoms with Gasteiger partial charge in [-0.05, 0) is 22.0 Å². The van der Waals surface area contributed by atoms with E-state index in [4.69, 9.17) is 0 Å². The van der Waals surface area contributed by atoms with E-state index in [1.54, 1.807) is 0 Å². The normalized spacial score (nSPS) is 11.1. The van der Waals surface area contributed by atoms with Crippen LogP contribution in [0, 0.1) is 0 Å². The van der Waals surface area contributed by atoms with Crippen molar-refractivity contribution in [1.29, 1.82) is 0 Å². The molecule has 0 saturated carbocycles. The van der Waals surface area contributed by atoms with Gasteiger partial charge in [-0.2, -0.15) is 5.10 Å². The van der Waals surface area contributed by atoms with Crippen LogP contribution in [0.1, 0.15) is 0 Å². The fraction of sp³-hybridized carbons (Fsp3) is 0.182. The van der Waals surface area contributed by atoms with Gasteiger partial charge in [0.2, 0.25) is 5.91 Å². The minimum atomic E-state index is -3.75. The van der Waals surface area contributed by atoms with Crippen LogP contribution in [0.2, 0.25) is 0 Å². The molecule has 2 rings (SSSR count). The smallest absolute Gasteiger partial charge is 0.263 e. The highest BCUT2D eigenvalue weighted by Crippen LogP contribution is 2.17. The zero-order valence-electron chi connectivity index (χ0n) is 10.9. The average molecular weight is 374 g/mol. The fourth-order valence-corrected chi connectivity index (χ4v) is 3.01. The molecular weight excluding hydrogens is 362 g/mol. The van der Waals surface area contributed by atoms with Crippen molar-refractivity contribution in [1.82, 2.24) is 20.1 Å². The van der Waals surface area contributed by atoms with Crippen LogP contribution in [0.15, 0.2) is 40.2 Å². The maximum Gasteiger partial charge on any atom is 0.263 e. The third kappa shape index (κ3) is 4.02. The lowest BCUT2D eigenvalue weighted by atomic mass is 10.5. The Bertz CT molecular complexity index is 759. The lowest BCUT2D eigenvalue weighted by Gasteiger charge is -2.05. The first-order valence-corrected chi connectivity index (χ1v) is 8.05. The number of nitrogens with zero attached hydrogens (tertiary/aromatic N) is 3. The number of carbonyl (C=O) groups is 1. The number of sulfonamides is 1. The number of halogens is 1. The molecule has 0 spiro atoms. The third-order valence-corrected chi connectivity index (χ3v) is 4.24. The molecule has 2 N–H and O–H groups in total. The summed E-state index contributed by atoms with van der Waals surface area (Å²) in [7, 11) is -2.24. The summed E-state index contributed by atoms with van der Waals surface area (Å²) in [5, 5.41) is 6.35. The number of rotatable bonds is 5. The molecule has 0 aliphatic heterocycles. The number of hydrogen-bond acceptors (Lipinski definition) is 5. The molecule has 112 valence electrons. The first-order valence-electron chi connectivity index (χ1n) is 5.77. The minimum absolute atomic E-state index is 0.0106. The predicted octanol–water partition coefficient (Wildman–Crippen LogP) is 0.587. The van der Waals surface area contributed by atoms with Crippen LogP contribution < -0.4 is 10.0 Å². The van der Waals surface area contributed by atoms with Crippen LogP contribution in [0.5, 0.6) is 0 Å². The molecule has 0 bridgehead atoms. The Morgan fingerprint density at radius 3 is 2.81 bits per heavy atom. The van der Waals surface area contributed by atoms with E-state index in [0.29, 0.717) is 4.47 Å². The Hall–Kier alpha value is -1.94. The fourth-order valence-electron chi connectivity index (χ4n) is 1.48. The van der Waals surface area contributed by atoms with Crippen molar-refractivity contribution < 1.29 is 13.2 Å². The summed E-state index contributed by atoms with van der Waals surface area (Å²) in [6.45, 7) is 0.0106. The molecule has 21 heavy (non-hydrogen) atoms. The molecular formula is C11H12BrN5O3S. The van der Waals surface area contributed by atoms with Crippen molar-refractivity contribution in [3.05, 3.63) is 35.3 Å². The number of amides is 1. The molecule has 0 fully saturated rings. The zero-order chi connectivity index (χ0) is 15.5. The predicted molar refractivity (Wildman–Crippen MR) is 79.0 cm³/mol. The Morgan fingerprint density at radius 2 is 2.14 bits per heavy atom. The van der Waals surface area contributed by atoms with Gasteiger partial charge < -0.3 is 5.32 Å². The second-order valence-electron chi connectivity index (χ2n) is 4.04. The summed E-state index contributed by atoms with van der Waals surface area (Å²) in [5.41, 5.74) is 0.263. The molecule has 10 heteroatoms. The number of aromatic nitrogens is 3. The van der Waals surface area contributed by atoms with E-state index in [1.807, 2.05) is 0 Å². The van der Waals surface area contributed by atoms with Gasteiger partial charge in [-0.1, -0.05) is 0 Å². The van der Waals surface area contributed by atoms with Crippen LogP contribution in [0.3, 0.4) is 0 Å². The van der Waals surface area contributed by atoms with Gasteiger partial charge in [-0.3, -0.25) is 19.2 Å². The first-order chi connectivity index (χ1) is 9.90. The first kappa shape index (κ1) is 15.4. The Morgan fingerprint density at radius 1 is 1.38 bits per heavy atom. The van der Waals surface area contributed by atoms with Crippen molar-refractivity contribution in [2.24, 2.45) is 0 Å². The molecule has 8 nitrogen and oxygen atoms in total. The lowest BCUT2D eigenvalue weighted by molar-refractivity contribution is -0.121. The molecule has 0 aliphatic rings. The molecule has 0 atom stereocenters. The van der Waals surface area contributed by atoms with Gasteiger partial charge in [0, 0.05) is 30.1 Å². The number of likely N-dealkylation sites (N-methyl/N-ethyl adjacent to an activating group) is 1. The number of hydrogen-bond donors (Lipinski definition) is 2. The largest absolute Gasteiger partial charge is 0.358 e. The quantitative estimate of drug-likeness (QED) is 0.797. The number of pyridine rings is 1. The number of nitrogens with one attached hydrogen (secondary N) is 2. The SMILES string of the molecule is CNC(=O)Cn1cc(NS(=O)(=O)c2cncc(Br)c2)cn1. The number of carbonyl (C=O) groups excluding carboxylic acids is 1. The van der Waals surface area contributed by atoms with E-state index in [-0.39, 0.29) is 23.0 Å². The van der Waals surface area contributed by atoms with Gasteiger partial charge in [0.05, 0.1) is 11.9 Å². The van der Waals surface area contributed by atoms with E-state index < -0.39 is 10.0 Å². The highest BCUT2D eigenvalue weighted by Gasteiger charge is 2.16. The molecule has 2 heterocycles. The summed E-state index contributed by atoms with van der Waals surface area (Å²) < 4.78 is 28.6. The molecule has 2 aromatic rings. The lowest BCUT2D eigenvalue weighted by Crippen LogP contribution is -2.23. The van der Waals surface area contributed by atoms with Crippen molar-refractivity contribution in [2.45, 2.75) is 11.4 Å². The highest BCUT2D eigenvalue weighted by atomic mass is 79.9. The van der Waals surface area contributed by atoms with Crippen LogP contribution >= 0.6 is 15.9 Å². The maximum absolute atomic E-state index is 12.2.